The predicted molar refractivity (Wildman–Crippen MR) is 65.2 cm³/mol. The van der Waals surface area contributed by atoms with Crippen molar-refractivity contribution in [2.24, 2.45) is 0 Å². The molecule has 0 bridgehead atoms. The van der Waals surface area contributed by atoms with Crippen LogP contribution in [0.1, 0.15) is 11.3 Å². The summed E-state index contributed by atoms with van der Waals surface area (Å²) in [5, 5.41) is 6.61. The molecule has 0 aliphatic rings. The summed E-state index contributed by atoms with van der Waals surface area (Å²) >= 11 is 0. The molecular weight excluding hydrogens is 226 g/mol. The second-order valence-electron chi connectivity index (χ2n) is 3.30. The molecule has 0 saturated heterocycles. The van der Waals surface area contributed by atoms with Gasteiger partial charge >= 0.3 is 0 Å². The van der Waals surface area contributed by atoms with Gasteiger partial charge in [0, 0.05) is 6.07 Å². The lowest BCUT2D eigenvalue weighted by atomic mass is 10.2. The average molecular weight is 240 g/mol. The van der Waals surface area contributed by atoms with E-state index in [2.05, 4.69) is 10.2 Å². The van der Waals surface area contributed by atoms with Gasteiger partial charge in [-0.2, -0.15) is 5.10 Å². The number of anilines is 1. The van der Waals surface area contributed by atoms with Gasteiger partial charge in [-0.05, 0) is 5.56 Å². The minimum absolute atomic E-state index is 0. The summed E-state index contributed by atoms with van der Waals surface area (Å²) in [6.45, 7) is 1.10. The van der Waals surface area contributed by atoms with E-state index in [1.165, 1.54) is 0 Å². The van der Waals surface area contributed by atoms with Crippen molar-refractivity contribution in [3.63, 3.8) is 0 Å². The van der Waals surface area contributed by atoms with E-state index >= 15 is 0 Å². The number of nitrogens with one attached hydrogen (secondary N) is 1. The van der Waals surface area contributed by atoms with E-state index in [1.54, 1.807) is 6.07 Å². The Bertz CT molecular complexity index is 416. The summed E-state index contributed by atoms with van der Waals surface area (Å²) in [6, 6.07) is 11.8. The highest BCUT2D eigenvalue weighted by Gasteiger charge is 1.97. The van der Waals surface area contributed by atoms with Gasteiger partial charge in [0.05, 0.1) is 18.9 Å². The number of aromatic nitrogens is 2. The van der Waals surface area contributed by atoms with Crippen molar-refractivity contribution in [1.29, 1.82) is 0 Å². The Morgan fingerprint density at radius 3 is 2.56 bits per heavy atom. The lowest BCUT2D eigenvalue weighted by Crippen LogP contribution is -1.94. The maximum absolute atomic E-state index is 5.49. The van der Waals surface area contributed by atoms with Gasteiger partial charge in [0.1, 0.15) is 5.82 Å². The number of hydrogen-bond donors (Lipinski definition) is 2. The third-order valence-corrected chi connectivity index (χ3v) is 2.02. The van der Waals surface area contributed by atoms with E-state index in [0.717, 1.165) is 11.3 Å². The minimum Gasteiger partial charge on any atom is -0.382 e. The molecule has 0 amide bonds. The third-order valence-electron chi connectivity index (χ3n) is 2.02. The molecule has 0 aliphatic carbocycles. The first-order valence-corrected chi connectivity index (χ1v) is 4.76. The summed E-state index contributed by atoms with van der Waals surface area (Å²) in [5.74, 6) is 0.494. The van der Waals surface area contributed by atoms with E-state index in [-0.39, 0.29) is 12.4 Å². The Labute approximate surface area is 100 Å². The number of benzene rings is 1. The monoisotopic (exact) mass is 239 g/mol. The minimum atomic E-state index is 0. The molecule has 0 saturated carbocycles. The summed E-state index contributed by atoms with van der Waals surface area (Å²) < 4.78 is 5.49. The second kappa shape index (κ2) is 6.15. The molecule has 86 valence electrons. The summed E-state index contributed by atoms with van der Waals surface area (Å²) in [6.07, 6.45) is 0. The molecule has 0 fully saturated rings. The van der Waals surface area contributed by atoms with E-state index < -0.39 is 0 Å². The third kappa shape index (κ3) is 3.56. The molecule has 0 unspecified atom stereocenters. The summed E-state index contributed by atoms with van der Waals surface area (Å²) in [4.78, 5) is 0. The Hall–Kier alpha value is -1.52. The van der Waals surface area contributed by atoms with Gasteiger partial charge in [0.2, 0.25) is 0 Å². The van der Waals surface area contributed by atoms with Crippen molar-refractivity contribution < 1.29 is 4.74 Å². The van der Waals surface area contributed by atoms with Crippen molar-refractivity contribution in [3.8, 4) is 0 Å². The molecule has 2 aromatic rings. The van der Waals surface area contributed by atoms with Crippen LogP contribution in [0.2, 0.25) is 0 Å². The molecule has 1 heterocycles. The lowest BCUT2D eigenvalue weighted by molar-refractivity contribution is 0.104. The molecular formula is C11H14ClN3O. The summed E-state index contributed by atoms with van der Waals surface area (Å²) in [5.41, 5.74) is 7.51. The highest BCUT2D eigenvalue weighted by atomic mass is 35.5. The zero-order valence-electron chi connectivity index (χ0n) is 8.72. The van der Waals surface area contributed by atoms with Crippen LogP contribution in [0.4, 0.5) is 5.82 Å². The fourth-order valence-electron chi connectivity index (χ4n) is 1.31. The molecule has 4 nitrogen and oxygen atoms in total. The van der Waals surface area contributed by atoms with Crippen LogP contribution in [0.25, 0.3) is 0 Å². The van der Waals surface area contributed by atoms with Gasteiger partial charge in [0.25, 0.3) is 0 Å². The molecule has 0 aliphatic heterocycles. The molecule has 3 N–H and O–H groups in total. The Balaban J connectivity index is 0.00000128. The van der Waals surface area contributed by atoms with Gasteiger partial charge in [-0.3, -0.25) is 5.10 Å². The van der Waals surface area contributed by atoms with E-state index in [0.29, 0.717) is 19.0 Å². The SMILES string of the molecule is Cl.Nc1cc(COCc2ccccc2)[nH]n1. The van der Waals surface area contributed by atoms with Crippen LogP contribution in [0.5, 0.6) is 0 Å². The first-order valence-electron chi connectivity index (χ1n) is 4.76. The highest BCUT2D eigenvalue weighted by molar-refractivity contribution is 5.85. The normalized spacial score (nSPS) is 9.75. The number of hydrogen-bond acceptors (Lipinski definition) is 3. The van der Waals surface area contributed by atoms with Crippen molar-refractivity contribution in [1.82, 2.24) is 10.2 Å². The van der Waals surface area contributed by atoms with Crippen LogP contribution in [0.3, 0.4) is 0 Å². The van der Waals surface area contributed by atoms with Crippen molar-refractivity contribution in [3.05, 3.63) is 47.7 Å². The van der Waals surface area contributed by atoms with Gasteiger partial charge < -0.3 is 10.5 Å². The lowest BCUT2D eigenvalue weighted by Gasteiger charge is -2.01. The van der Waals surface area contributed by atoms with Gasteiger partial charge in [-0.25, -0.2) is 0 Å². The van der Waals surface area contributed by atoms with Crippen LogP contribution in [-0.2, 0) is 18.0 Å². The molecule has 0 radical (unpaired) electrons. The van der Waals surface area contributed by atoms with Crippen LogP contribution in [0, 0.1) is 0 Å². The van der Waals surface area contributed by atoms with Crippen molar-refractivity contribution in [2.45, 2.75) is 13.2 Å². The van der Waals surface area contributed by atoms with Crippen molar-refractivity contribution >= 4 is 18.2 Å². The Kier molecular flexibility index (Phi) is 4.82. The second-order valence-corrected chi connectivity index (χ2v) is 3.30. The zero-order chi connectivity index (χ0) is 10.5. The zero-order valence-corrected chi connectivity index (χ0v) is 9.54. The van der Waals surface area contributed by atoms with Crippen LogP contribution >= 0.6 is 12.4 Å². The maximum atomic E-state index is 5.49. The van der Waals surface area contributed by atoms with Gasteiger partial charge in [0.15, 0.2) is 0 Å². The van der Waals surface area contributed by atoms with E-state index in [1.807, 2.05) is 30.3 Å². The van der Waals surface area contributed by atoms with Gasteiger partial charge in [-0.1, -0.05) is 30.3 Å². The number of halogens is 1. The molecule has 1 aromatic heterocycles. The number of rotatable bonds is 4. The molecule has 16 heavy (non-hydrogen) atoms. The molecule has 0 atom stereocenters. The first-order chi connectivity index (χ1) is 7.34. The van der Waals surface area contributed by atoms with Crippen LogP contribution in [-0.4, -0.2) is 10.2 Å². The van der Waals surface area contributed by atoms with E-state index in [9.17, 15) is 0 Å². The Morgan fingerprint density at radius 2 is 1.94 bits per heavy atom. The standard InChI is InChI=1S/C11H13N3O.ClH/c12-11-6-10(13-14-11)8-15-7-9-4-2-1-3-5-9;/h1-6H,7-8H2,(H3,12,13,14);1H. The largest absolute Gasteiger partial charge is 0.382 e. The predicted octanol–water partition coefficient (Wildman–Crippen LogP) is 2.13. The Morgan fingerprint density at radius 1 is 1.19 bits per heavy atom. The smallest absolute Gasteiger partial charge is 0.145 e. The van der Waals surface area contributed by atoms with Crippen molar-refractivity contribution in [2.75, 3.05) is 5.73 Å². The molecule has 5 heteroatoms. The fraction of sp³-hybridized carbons (Fsp3) is 0.182. The molecule has 1 aromatic carbocycles. The fourth-order valence-corrected chi connectivity index (χ4v) is 1.31. The van der Waals surface area contributed by atoms with E-state index in [4.69, 9.17) is 10.5 Å². The first kappa shape index (κ1) is 12.5. The number of nitrogens with two attached hydrogens (primary N) is 1. The number of nitrogens with zero attached hydrogens (tertiary/aromatic N) is 1. The number of ether oxygens (including phenoxy) is 1. The maximum Gasteiger partial charge on any atom is 0.145 e. The highest BCUT2D eigenvalue weighted by Crippen LogP contribution is 2.05. The molecule has 2 rings (SSSR count). The topological polar surface area (TPSA) is 63.9 Å². The number of aromatic amines is 1. The summed E-state index contributed by atoms with van der Waals surface area (Å²) in [7, 11) is 0. The van der Waals surface area contributed by atoms with Gasteiger partial charge in [-0.15, -0.1) is 12.4 Å². The van der Waals surface area contributed by atoms with Crippen LogP contribution in [0.15, 0.2) is 36.4 Å². The average Bonchev–Trinajstić information content (AvgIpc) is 2.66. The van der Waals surface area contributed by atoms with Crippen LogP contribution < -0.4 is 5.73 Å². The molecule has 0 spiro atoms. The number of H-pyrrole nitrogens is 1. The quantitative estimate of drug-likeness (QED) is 0.859. The number of nitrogen functional groups attached to an aromatic ring is 1.